The van der Waals surface area contributed by atoms with Crippen molar-refractivity contribution in [1.82, 2.24) is 0 Å². The molecule has 0 saturated carbocycles. The van der Waals surface area contributed by atoms with Crippen molar-refractivity contribution in [3.63, 3.8) is 0 Å². The highest BCUT2D eigenvalue weighted by Crippen LogP contribution is 2.54. The zero-order valence-electron chi connectivity index (χ0n) is 14.7. The van der Waals surface area contributed by atoms with Gasteiger partial charge in [0.15, 0.2) is 0 Å². The number of hydrogen-bond donors (Lipinski definition) is 1. The maximum Gasteiger partial charge on any atom is 0.460 e. The van der Waals surface area contributed by atoms with Gasteiger partial charge in [-0.05, 0) is 27.7 Å². The Labute approximate surface area is 145 Å². The SMILES string of the molecule is CC(C)[N+](C)(C)C(C)C.O=S(=O)(O)C(F)(F)C(F)(F)C(F)(F)C(F)(F)F. The second-order valence-corrected chi connectivity index (χ2v) is 7.92. The summed E-state index contributed by atoms with van der Waals surface area (Å²) in [6, 6.07) is 1.45. The smallest absolute Gasteiger partial charge is 0.325 e. The van der Waals surface area contributed by atoms with Crippen LogP contribution in [0.25, 0.3) is 0 Å². The van der Waals surface area contributed by atoms with Crippen LogP contribution < -0.4 is 0 Å². The first-order valence-corrected chi connectivity index (χ1v) is 8.33. The highest BCUT2D eigenvalue weighted by atomic mass is 32.2. The quantitative estimate of drug-likeness (QED) is 0.405. The van der Waals surface area contributed by atoms with Crippen LogP contribution in [0.3, 0.4) is 0 Å². The second kappa shape index (κ2) is 7.70. The second-order valence-electron chi connectivity index (χ2n) is 6.45. The van der Waals surface area contributed by atoms with Crippen LogP contribution >= 0.6 is 0 Å². The van der Waals surface area contributed by atoms with Crippen molar-refractivity contribution < 1.29 is 57.0 Å². The number of halogens is 9. The lowest BCUT2D eigenvalue weighted by Gasteiger charge is -2.38. The third-order valence-electron chi connectivity index (χ3n) is 4.10. The normalized spacial score (nSPS) is 15.2. The molecule has 4 nitrogen and oxygen atoms in total. The first-order chi connectivity index (χ1) is 10.9. The van der Waals surface area contributed by atoms with Crippen LogP contribution in [0.5, 0.6) is 0 Å². The number of alkyl halides is 9. The minimum Gasteiger partial charge on any atom is -0.325 e. The van der Waals surface area contributed by atoms with Gasteiger partial charge in [-0.2, -0.15) is 47.9 Å². The van der Waals surface area contributed by atoms with Gasteiger partial charge in [-0.3, -0.25) is 4.55 Å². The van der Waals surface area contributed by atoms with E-state index in [0.717, 1.165) is 16.6 Å². The predicted octanol–water partition coefficient (Wildman–Crippen LogP) is 4.18. The summed E-state index contributed by atoms with van der Waals surface area (Å²) in [7, 11) is -2.62. The molecule has 0 aliphatic rings. The van der Waals surface area contributed by atoms with E-state index in [9.17, 15) is 47.9 Å². The molecule has 0 aromatic heterocycles. The number of rotatable bonds is 5. The van der Waals surface area contributed by atoms with Crippen LogP contribution in [-0.2, 0) is 10.1 Å². The average molecular weight is 430 g/mol. The molecule has 0 saturated heterocycles. The molecule has 0 radical (unpaired) electrons. The van der Waals surface area contributed by atoms with E-state index in [0.29, 0.717) is 0 Å². The highest BCUT2D eigenvalue weighted by molar-refractivity contribution is 7.87. The van der Waals surface area contributed by atoms with Crippen molar-refractivity contribution in [2.45, 2.75) is 63.1 Å². The lowest BCUT2D eigenvalue weighted by Crippen LogP contribution is -2.63. The standard InChI is InChI=1S/C8H20N.C4HF9O3S/c1-7(2)9(5,6)8(3)4;5-1(6,3(9,10)11)2(7,8)4(12,13)17(14,15)16/h7-8H,1-6H3;(H,14,15,16)/q+1;. The molecular weight excluding hydrogens is 409 g/mol. The Morgan fingerprint density at radius 3 is 1.12 bits per heavy atom. The highest BCUT2D eigenvalue weighted by Gasteiger charge is 2.85. The first kappa shape index (κ1) is 27.5. The lowest BCUT2D eigenvalue weighted by molar-refractivity contribution is -0.931. The molecule has 0 unspecified atom stereocenters. The summed E-state index contributed by atoms with van der Waals surface area (Å²) in [4.78, 5) is 0. The maximum absolute atomic E-state index is 12.2. The van der Waals surface area contributed by atoms with Gasteiger partial charge in [0.2, 0.25) is 0 Å². The Balaban J connectivity index is 0. The third-order valence-corrected chi connectivity index (χ3v) is 5.01. The van der Waals surface area contributed by atoms with E-state index < -0.39 is 33.4 Å². The van der Waals surface area contributed by atoms with Crippen LogP contribution in [0, 0.1) is 0 Å². The summed E-state index contributed by atoms with van der Waals surface area (Å²) < 4.78 is 135. The van der Waals surface area contributed by atoms with E-state index in [1.807, 2.05) is 0 Å². The van der Waals surface area contributed by atoms with Crippen molar-refractivity contribution in [2.24, 2.45) is 0 Å². The van der Waals surface area contributed by atoms with Gasteiger partial charge >= 0.3 is 33.4 Å². The fourth-order valence-corrected chi connectivity index (χ4v) is 1.57. The van der Waals surface area contributed by atoms with Gasteiger partial charge in [-0.25, -0.2) is 0 Å². The summed E-state index contributed by atoms with van der Waals surface area (Å²) in [6.45, 7) is 9.06. The van der Waals surface area contributed by atoms with Gasteiger partial charge in [-0.1, -0.05) is 0 Å². The Kier molecular flexibility index (Phi) is 8.13. The van der Waals surface area contributed by atoms with E-state index in [1.54, 1.807) is 0 Å². The molecule has 0 aromatic carbocycles. The fraction of sp³-hybridized carbons (Fsp3) is 1.00. The average Bonchev–Trinajstić information content (AvgIpc) is 2.35. The van der Waals surface area contributed by atoms with E-state index in [-0.39, 0.29) is 0 Å². The topological polar surface area (TPSA) is 54.4 Å². The van der Waals surface area contributed by atoms with E-state index in [4.69, 9.17) is 4.55 Å². The summed E-state index contributed by atoms with van der Waals surface area (Å²) in [5, 5.41) is -7.00. The van der Waals surface area contributed by atoms with Crippen LogP contribution in [0.1, 0.15) is 27.7 Å². The Hall–Kier alpha value is -0.760. The van der Waals surface area contributed by atoms with Gasteiger partial charge < -0.3 is 4.48 Å². The molecule has 0 spiro atoms. The summed E-state index contributed by atoms with van der Waals surface area (Å²) >= 11 is 0. The molecule has 160 valence electrons. The molecule has 0 fully saturated rings. The maximum atomic E-state index is 12.2. The molecule has 0 bridgehead atoms. The first-order valence-electron chi connectivity index (χ1n) is 6.89. The van der Waals surface area contributed by atoms with Crippen LogP contribution in [0.2, 0.25) is 0 Å². The summed E-state index contributed by atoms with van der Waals surface area (Å²) in [5.74, 6) is -14.7. The van der Waals surface area contributed by atoms with Crippen LogP contribution in [-0.4, -0.2) is 66.9 Å². The minimum absolute atomic E-state index is 0.727. The minimum atomic E-state index is -7.37. The molecule has 0 aromatic rings. The van der Waals surface area contributed by atoms with Gasteiger partial charge in [-0.15, -0.1) is 0 Å². The van der Waals surface area contributed by atoms with Crippen molar-refractivity contribution in [3.8, 4) is 0 Å². The number of quaternary nitrogens is 1. The molecule has 0 rings (SSSR count). The monoisotopic (exact) mass is 430 g/mol. The molecule has 0 aliphatic heterocycles. The van der Waals surface area contributed by atoms with Crippen molar-refractivity contribution >= 4 is 10.1 Å². The van der Waals surface area contributed by atoms with Gasteiger partial charge in [0.1, 0.15) is 0 Å². The fourth-order valence-electron chi connectivity index (χ4n) is 1.12. The summed E-state index contributed by atoms with van der Waals surface area (Å²) in [6.07, 6.45) is -7.13. The van der Waals surface area contributed by atoms with Crippen molar-refractivity contribution in [2.75, 3.05) is 14.1 Å². The lowest BCUT2D eigenvalue weighted by atomic mass is 10.1. The Morgan fingerprint density at radius 1 is 0.731 bits per heavy atom. The zero-order chi connectivity index (χ0) is 22.2. The van der Waals surface area contributed by atoms with Crippen LogP contribution in [0.4, 0.5) is 39.5 Å². The zero-order valence-corrected chi connectivity index (χ0v) is 15.5. The largest absolute Gasteiger partial charge is 0.460 e. The molecular formula is C12H21F9NO3S+. The number of hydrogen-bond acceptors (Lipinski definition) is 2. The van der Waals surface area contributed by atoms with Gasteiger partial charge in [0, 0.05) is 0 Å². The molecule has 1 N–H and O–H groups in total. The molecule has 0 amide bonds. The van der Waals surface area contributed by atoms with E-state index >= 15 is 0 Å². The van der Waals surface area contributed by atoms with Gasteiger partial charge in [0.05, 0.1) is 26.2 Å². The van der Waals surface area contributed by atoms with Crippen molar-refractivity contribution in [1.29, 1.82) is 0 Å². The Bertz CT molecular complexity index is 559. The van der Waals surface area contributed by atoms with Crippen LogP contribution in [0.15, 0.2) is 0 Å². The molecule has 0 atom stereocenters. The third kappa shape index (κ3) is 5.15. The van der Waals surface area contributed by atoms with Gasteiger partial charge in [0.25, 0.3) is 0 Å². The Morgan fingerprint density at radius 2 is 1.00 bits per heavy atom. The predicted molar refractivity (Wildman–Crippen MR) is 74.8 cm³/mol. The molecule has 0 heterocycles. The molecule has 26 heavy (non-hydrogen) atoms. The van der Waals surface area contributed by atoms with E-state index in [1.165, 1.54) is 0 Å². The number of nitrogens with zero attached hydrogens (tertiary/aromatic N) is 1. The molecule has 14 heteroatoms. The van der Waals surface area contributed by atoms with Crippen molar-refractivity contribution in [3.05, 3.63) is 0 Å². The molecule has 0 aliphatic carbocycles. The van der Waals surface area contributed by atoms with E-state index in [2.05, 4.69) is 41.8 Å². The summed E-state index contributed by atoms with van der Waals surface area (Å²) in [5.41, 5.74) is 0.